The van der Waals surface area contributed by atoms with Crippen LogP contribution in [-0.4, -0.2) is 17.2 Å². The first-order chi connectivity index (χ1) is 7.24. The zero-order valence-corrected chi connectivity index (χ0v) is 8.40. The number of hydrogen-bond acceptors (Lipinski definition) is 4. The van der Waals surface area contributed by atoms with E-state index < -0.39 is 0 Å². The molecule has 78 valence electrons. The summed E-state index contributed by atoms with van der Waals surface area (Å²) in [6.45, 7) is 0.349. The molecule has 0 amide bonds. The van der Waals surface area contributed by atoms with Crippen LogP contribution in [0.1, 0.15) is 5.69 Å². The van der Waals surface area contributed by atoms with Crippen LogP contribution in [0, 0.1) is 0 Å². The number of aromatic hydroxyl groups is 1. The number of ether oxygens (including phenoxy) is 1. The Morgan fingerprint density at radius 1 is 1.40 bits per heavy atom. The van der Waals surface area contributed by atoms with Crippen LogP contribution in [0.5, 0.6) is 11.5 Å². The molecule has 4 nitrogen and oxygen atoms in total. The number of pyridine rings is 1. The first-order valence-corrected chi connectivity index (χ1v) is 4.61. The van der Waals surface area contributed by atoms with Crippen molar-refractivity contribution in [2.45, 2.75) is 6.54 Å². The molecule has 0 fully saturated rings. The number of nitrogens with two attached hydrogens (primary N) is 1. The summed E-state index contributed by atoms with van der Waals surface area (Å²) in [6.07, 6.45) is 0. The van der Waals surface area contributed by atoms with Crippen LogP contribution < -0.4 is 10.5 Å². The van der Waals surface area contributed by atoms with Crippen molar-refractivity contribution in [2.75, 3.05) is 7.11 Å². The second-order valence-corrected chi connectivity index (χ2v) is 3.22. The van der Waals surface area contributed by atoms with Crippen LogP contribution in [0.2, 0.25) is 0 Å². The van der Waals surface area contributed by atoms with E-state index in [9.17, 15) is 5.11 Å². The third-order valence-electron chi connectivity index (χ3n) is 2.24. The lowest BCUT2D eigenvalue weighted by Gasteiger charge is -2.07. The van der Waals surface area contributed by atoms with Gasteiger partial charge in [-0.25, -0.2) is 0 Å². The Balaban J connectivity index is 2.74. The van der Waals surface area contributed by atoms with Crippen molar-refractivity contribution in [3.63, 3.8) is 0 Å². The van der Waals surface area contributed by atoms with E-state index in [0.29, 0.717) is 12.1 Å². The second-order valence-electron chi connectivity index (χ2n) is 3.22. The van der Waals surface area contributed by atoms with Crippen LogP contribution in [0.4, 0.5) is 0 Å². The van der Waals surface area contributed by atoms with Gasteiger partial charge in [-0.1, -0.05) is 0 Å². The molecule has 1 aromatic carbocycles. The topological polar surface area (TPSA) is 68.4 Å². The zero-order chi connectivity index (χ0) is 10.8. The summed E-state index contributed by atoms with van der Waals surface area (Å²) in [5.74, 6) is 0.909. The average Bonchev–Trinajstić information content (AvgIpc) is 2.26. The summed E-state index contributed by atoms with van der Waals surface area (Å²) in [5.41, 5.74) is 6.95. The van der Waals surface area contributed by atoms with Gasteiger partial charge >= 0.3 is 0 Å². The highest BCUT2D eigenvalue weighted by Gasteiger charge is 2.05. The van der Waals surface area contributed by atoms with E-state index in [1.807, 2.05) is 0 Å². The number of phenols is 1. The highest BCUT2D eigenvalue weighted by atomic mass is 16.5. The van der Waals surface area contributed by atoms with Gasteiger partial charge in [0.25, 0.3) is 0 Å². The average molecular weight is 204 g/mol. The molecule has 0 aliphatic rings. The van der Waals surface area contributed by atoms with Gasteiger partial charge in [-0.2, -0.15) is 0 Å². The molecule has 0 unspecified atom stereocenters. The van der Waals surface area contributed by atoms with E-state index in [4.69, 9.17) is 10.5 Å². The summed E-state index contributed by atoms with van der Waals surface area (Å²) in [7, 11) is 1.60. The minimum Gasteiger partial charge on any atom is -0.508 e. The summed E-state index contributed by atoms with van der Waals surface area (Å²) in [6, 6.07) is 6.78. The fourth-order valence-corrected chi connectivity index (χ4v) is 1.51. The monoisotopic (exact) mass is 204 g/mol. The smallest absolute Gasteiger partial charge is 0.130 e. The lowest BCUT2D eigenvalue weighted by molar-refractivity contribution is 0.418. The Kier molecular flexibility index (Phi) is 2.43. The van der Waals surface area contributed by atoms with Crippen molar-refractivity contribution in [1.29, 1.82) is 0 Å². The van der Waals surface area contributed by atoms with E-state index in [0.717, 1.165) is 16.8 Å². The first-order valence-electron chi connectivity index (χ1n) is 4.61. The minimum absolute atomic E-state index is 0.186. The van der Waals surface area contributed by atoms with Crippen molar-refractivity contribution in [2.24, 2.45) is 5.73 Å². The maximum absolute atomic E-state index is 9.35. The molecule has 0 radical (unpaired) electrons. The molecule has 0 saturated carbocycles. The number of aromatic nitrogens is 1. The maximum Gasteiger partial charge on any atom is 0.130 e. The van der Waals surface area contributed by atoms with E-state index in [1.54, 1.807) is 31.4 Å². The second kappa shape index (κ2) is 3.74. The Morgan fingerprint density at radius 3 is 2.87 bits per heavy atom. The van der Waals surface area contributed by atoms with E-state index in [2.05, 4.69) is 4.98 Å². The van der Waals surface area contributed by atoms with Gasteiger partial charge in [0.1, 0.15) is 11.5 Å². The van der Waals surface area contributed by atoms with Gasteiger partial charge in [-0.05, 0) is 12.1 Å². The van der Waals surface area contributed by atoms with E-state index in [-0.39, 0.29) is 5.75 Å². The lowest BCUT2D eigenvalue weighted by Crippen LogP contribution is -2.00. The third-order valence-corrected chi connectivity index (χ3v) is 2.24. The fourth-order valence-electron chi connectivity index (χ4n) is 1.51. The molecular formula is C11H12N2O2. The number of hydrogen-bond donors (Lipinski definition) is 2. The number of fused-ring (bicyclic) bond motifs is 1. The highest BCUT2D eigenvalue weighted by molar-refractivity contribution is 5.86. The van der Waals surface area contributed by atoms with Crippen molar-refractivity contribution in [3.05, 3.63) is 30.0 Å². The predicted octanol–water partition coefficient (Wildman–Crippen LogP) is 1.41. The van der Waals surface area contributed by atoms with Crippen LogP contribution in [0.15, 0.2) is 24.3 Å². The van der Waals surface area contributed by atoms with Gasteiger partial charge in [-0.3, -0.25) is 4.98 Å². The minimum atomic E-state index is 0.186. The lowest BCUT2D eigenvalue weighted by atomic mass is 10.1. The Hall–Kier alpha value is -1.81. The number of phenolic OH excluding ortho intramolecular Hbond substituents is 1. The van der Waals surface area contributed by atoms with Crippen LogP contribution in [0.25, 0.3) is 10.9 Å². The number of benzene rings is 1. The third kappa shape index (κ3) is 1.71. The molecule has 2 aromatic rings. The quantitative estimate of drug-likeness (QED) is 0.776. The standard InChI is InChI=1S/C11H12N2O2/c1-15-11-4-7(6-12)13-10-5-8(14)2-3-9(10)11/h2-5,14H,6,12H2,1H3. The highest BCUT2D eigenvalue weighted by Crippen LogP contribution is 2.27. The molecule has 2 rings (SSSR count). The van der Waals surface area contributed by atoms with Gasteiger partial charge in [0, 0.05) is 24.1 Å². The van der Waals surface area contributed by atoms with Crippen molar-refractivity contribution in [3.8, 4) is 11.5 Å². The summed E-state index contributed by atoms with van der Waals surface area (Å²) in [5, 5.41) is 10.2. The van der Waals surface area contributed by atoms with Crippen molar-refractivity contribution < 1.29 is 9.84 Å². The molecule has 3 N–H and O–H groups in total. The summed E-state index contributed by atoms with van der Waals surface area (Å²) < 4.78 is 5.23. The molecule has 1 heterocycles. The van der Waals surface area contributed by atoms with Crippen LogP contribution in [-0.2, 0) is 6.54 Å². The SMILES string of the molecule is COc1cc(CN)nc2cc(O)ccc12. The van der Waals surface area contributed by atoms with Gasteiger partial charge in [0.15, 0.2) is 0 Å². The fraction of sp³-hybridized carbons (Fsp3) is 0.182. The van der Waals surface area contributed by atoms with Gasteiger partial charge in [0.2, 0.25) is 0 Å². The molecule has 0 saturated heterocycles. The molecule has 0 atom stereocenters. The van der Waals surface area contributed by atoms with Crippen LogP contribution in [0.3, 0.4) is 0 Å². The van der Waals surface area contributed by atoms with Gasteiger partial charge in [-0.15, -0.1) is 0 Å². The molecule has 0 bridgehead atoms. The first kappa shape index (κ1) is 9.73. The van der Waals surface area contributed by atoms with E-state index in [1.165, 1.54) is 0 Å². The molecule has 0 aliphatic carbocycles. The molecule has 1 aromatic heterocycles. The zero-order valence-electron chi connectivity index (χ0n) is 8.40. The van der Waals surface area contributed by atoms with Crippen LogP contribution >= 0.6 is 0 Å². The Morgan fingerprint density at radius 2 is 2.20 bits per heavy atom. The Labute approximate surface area is 87.3 Å². The van der Waals surface area contributed by atoms with Gasteiger partial charge in [0.05, 0.1) is 18.3 Å². The van der Waals surface area contributed by atoms with Crippen molar-refractivity contribution in [1.82, 2.24) is 4.98 Å². The number of nitrogens with zero attached hydrogens (tertiary/aromatic N) is 1. The van der Waals surface area contributed by atoms with Gasteiger partial charge < -0.3 is 15.6 Å². The molecule has 4 heteroatoms. The maximum atomic E-state index is 9.35. The molecule has 0 spiro atoms. The summed E-state index contributed by atoms with van der Waals surface area (Å²) in [4.78, 5) is 4.30. The molecule has 15 heavy (non-hydrogen) atoms. The van der Waals surface area contributed by atoms with E-state index >= 15 is 0 Å². The number of rotatable bonds is 2. The Bertz CT molecular complexity index is 497. The largest absolute Gasteiger partial charge is 0.508 e. The summed E-state index contributed by atoms with van der Waals surface area (Å²) >= 11 is 0. The normalized spacial score (nSPS) is 10.5. The number of methoxy groups -OCH3 is 1. The predicted molar refractivity (Wildman–Crippen MR) is 57.9 cm³/mol. The molecule has 0 aliphatic heterocycles. The van der Waals surface area contributed by atoms with Crippen molar-refractivity contribution >= 4 is 10.9 Å². The molecular weight excluding hydrogens is 192 g/mol.